The zero-order valence-electron chi connectivity index (χ0n) is 18.3. The van der Waals surface area contributed by atoms with Gasteiger partial charge in [0.15, 0.2) is 6.61 Å². The van der Waals surface area contributed by atoms with Crippen molar-refractivity contribution in [3.63, 3.8) is 0 Å². The number of carbonyl (C=O) groups is 2. The summed E-state index contributed by atoms with van der Waals surface area (Å²) in [6.07, 6.45) is 4.12. The molecule has 1 fully saturated rings. The fraction of sp³-hybridized carbons (Fsp3) is 0.308. The predicted octanol–water partition coefficient (Wildman–Crippen LogP) is 5.14. The lowest BCUT2D eigenvalue weighted by Crippen LogP contribution is -2.46. The van der Waals surface area contributed by atoms with Gasteiger partial charge in [0.05, 0.1) is 11.6 Å². The van der Waals surface area contributed by atoms with Gasteiger partial charge in [0.2, 0.25) is 5.91 Å². The number of hydrogen-bond acceptors (Lipinski definition) is 4. The molecule has 1 unspecified atom stereocenters. The number of ether oxygens (including phenoxy) is 2. The molecule has 5 rings (SSSR count). The zero-order valence-corrected chi connectivity index (χ0v) is 19.9. The van der Waals surface area contributed by atoms with Crippen molar-refractivity contribution in [3.8, 4) is 11.5 Å². The highest BCUT2D eigenvalue weighted by atomic mass is 79.9. The Balaban J connectivity index is 1.70. The van der Waals surface area contributed by atoms with E-state index < -0.39 is 6.04 Å². The zero-order chi connectivity index (χ0) is 22.9. The summed E-state index contributed by atoms with van der Waals surface area (Å²) in [7, 11) is 1.57. The third-order valence-corrected chi connectivity index (χ3v) is 7.10. The Labute approximate surface area is 201 Å². The molecule has 1 heterocycles. The van der Waals surface area contributed by atoms with Gasteiger partial charge in [-0.15, -0.1) is 0 Å². The van der Waals surface area contributed by atoms with Gasteiger partial charge in [0.1, 0.15) is 17.5 Å². The highest BCUT2D eigenvalue weighted by Crippen LogP contribution is 2.42. The summed E-state index contributed by atoms with van der Waals surface area (Å²) in [5.74, 6) is 0.658. The molecule has 0 aromatic heterocycles. The molecule has 6 nitrogen and oxygen atoms in total. The topological polar surface area (TPSA) is 67.9 Å². The number of nitrogens with one attached hydrogen (secondary N) is 1. The van der Waals surface area contributed by atoms with Crippen molar-refractivity contribution in [2.24, 2.45) is 0 Å². The Morgan fingerprint density at radius 2 is 1.91 bits per heavy atom. The molecule has 1 aliphatic carbocycles. The average Bonchev–Trinajstić information content (AvgIpc) is 3.29. The van der Waals surface area contributed by atoms with Crippen molar-refractivity contribution >= 4 is 44.2 Å². The Kier molecular flexibility index (Phi) is 5.98. The van der Waals surface area contributed by atoms with Crippen LogP contribution in [0.5, 0.6) is 11.5 Å². The van der Waals surface area contributed by atoms with Crippen LogP contribution in [0, 0.1) is 0 Å². The Bertz CT molecular complexity index is 1220. The van der Waals surface area contributed by atoms with Crippen molar-refractivity contribution < 1.29 is 19.1 Å². The van der Waals surface area contributed by atoms with Gasteiger partial charge in [-0.05, 0) is 57.7 Å². The van der Waals surface area contributed by atoms with Gasteiger partial charge in [0, 0.05) is 23.4 Å². The van der Waals surface area contributed by atoms with Crippen LogP contribution in [0.2, 0.25) is 0 Å². The van der Waals surface area contributed by atoms with E-state index >= 15 is 0 Å². The number of halogens is 1. The van der Waals surface area contributed by atoms with E-state index in [1.807, 2.05) is 48.5 Å². The Morgan fingerprint density at radius 1 is 1.12 bits per heavy atom. The minimum atomic E-state index is -0.868. The Morgan fingerprint density at radius 3 is 2.70 bits per heavy atom. The lowest BCUT2D eigenvalue weighted by atomic mass is 9.95. The lowest BCUT2D eigenvalue weighted by molar-refractivity contribution is -0.127. The van der Waals surface area contributed by atoms with Gasteiger partial charge in [-0.2, -0.15) is 0 Å². The first-order valence-electron chi connectivity index (χ1n) is 11.2. The summed E-state index contributed by atoms with van der Waals surface area (Å²) in [6, 6.07) is 16.4. The molecule has 0 spiro atoms. The average molecular weight is 509 g/mol. The number of rotatable bonds is 4. The van der Waals surface area contributed by atoms with Gasteiger partial charge >= 0.3 is 0 Å². The lowest BCUT2D eigenvalue weighted by Gasteiger charge is -2.31. The quantitative estimate of drug-likeness (QED) is 0.529. The smallest absolute Gasteiger partial charge is 0.265 e. The maximum Gasteiger partial charge on any atom is 0.265 e. The molecular formula is C26H25BrN2O4. The molecular weight excluding hydrogens is 484 g/mol. The molecule has 3 aromatic carbocycles. The van der Waals surface area contributed by atoms with Crippen LogP contribution in [0.25, 0.3) is 10.8 Å². The molecule has 7 heteroatoms. The summed E-state index contributed by atoms with van der Waals surface area (Å²) in [5.41, 5.74) is 1.28. The maximum absolute atomic E-state index is 13.9. The largest absolute Gasteiger partial charge is 0.495 e. The first-order chi connectivity index (χ1) is 16.1. The van der Waals surface area contributed by atoms with E-state index in [0.717, 1.165) is 40.9 Å². The van der Waals surface area contributed by atoms with Crippen molar-refractivity contribution in [1.29, 1.82) is 0 Å². The number of carbonyl (C=O) groups excluding carboxylic acids is 2. The molecule has 1 N–H and O–H groups in total. The van der Waals surface area contributed by atoms with Crippen molar-refractivity contribution in [2.45, 2.75) is 37.8 Å². The van der Waals surface area contributed by atoms with Crippen LogP contribution in [0.4, 0.5) is 5.69 Å². The standard InChI is InChI=1S/C26H25BrN2O4/c1-32-22-14-18(11-12-20(22)27)29-23(30)15-33-21-13-10-16-6-2-5-9-19(16)24(21)25(29)26(31)28-17-7-3-4-8-17/h2,5-6,9-14,17,25H,3-4,7-8,15H2,1H3,(H,28,31). The number of nitrogens with zero attached hydrogens (tertiary/aromatic N) is 1. The summed E-state index contributed by atoms with van der Waals surface area (Å²) < 4.78 is 12.2. The number of benzene rings is 3. The molecule has 2 aliphatic rings. The SMILES string of the molecule is COc1cc(N2C(=O)COc3ccc4ccccc4c3C2C(=O)NC2CCCC2)ccc1Br. The number of methoxy groups -OCH3 is 1. The second-order valence-electron chi connectivity index (χ2n) is 8.46. The third-order valence-electron chi connectivity index (χ3n) is 6.44. The molecule has 0 bridgehead atoms. The highest BCUT2D eigenvalue weighted by molar-refractivity contribution is 9.10. The maximum atomic E-state index is 13.9. The van der Waals surface area contributed by atoms with Crippen LogP contribution in [-0.2, 0) is 9.59 Å². The molecule has 1 saturated carbocycles. The van der Waals surface area contributed by atoms with Crippen LogP contribution in [0.1, 0.15) is 37.3 Å². The summed E-state index contributed by atoms with van der Waals surface area (Å²) >= 11 is 3.47. The molecule has 170 valence electrons. The van der Waals surface area contributed by atoms with Crippen LogP contribution in [0.3, 0.4) is 0 Å². The van der Waals surface area contributed by atoms with Gasteiger partial charge in [-0.3, -0.25) is 14.5 Å². The first kappa shape index (κ1) is 21.8. The van der Waals surface area contributed by atoms with E-state index in [1.165, 1.54) is 0 Å². The normalized spacial score (nSPS) is 18.5. The first-order valence-corrected chi connectivity index (χ1v) is 12.0. The fourth-order valence-electron chi connectivity index (χ4n) is 4.86. The molecule has 0 saturated heterocycles. The number of amides is 2. The molecule has 0 radical (unpaired) electrons. The third kappa shape index (κ3) is 4.06. The van der Waals surface area contributed by atoms with Crippen molar-refractivity contribution in [3.05, 3.63) is 64.6 Å². The second-order valence-corrected chi connectivity index (χ2v) is 9.32. The van der Waals surface area contributed by atoms with E-state index in [9.17, 15) is 9.59 Å². The summed E-state index contributed by atoms with van der Waals surface area (Å²) in [5, 5.41) is 5.09. The minimum Gasteiger partial charge on any atom is -0.495 e. The fourth-order valence-corrected chi connectivity index (χ4v) is 5.26. The van der Waals surface area contributed by atoms with Gasteiger partial charge < -0.3 is 14.8 Å². The van der Waals surface area contributed by atoms with Crippen LogP contribution < -0.4 is 19.7 Å². The van der Waals surface area contributed by atoms with E-state index in [4.69, 9.17) is 9.47 Å². The summed E-state index contributed by atoms with van der Waals surface area (Å²) in [4.78, 5) is 28.8. The molecule has 1 atom stereocenters. The van der Waals surface area contributed by atoms with Crippen LogP contribution in [0.15, 0.2) is 59.1 Å². The van der Waals surface area contributed by atoms with Crippen molar-refractivity contribution in [2.75, 3.05) is 18.6 Å². The molecule has 3 aromatic rings. The number of anilines is 1. The highest BCUT2D eigenvalue weighted by Gasteiger charge is 2.39. The predicted molar refractivity (Wildman–Crippen MR) is 131 cm³/mol. The molecule has 1 aliphatic heterocycles. The van der Waals surface area contributed by atoms with Crippen molar-refractivity contribution in [1.82, 2.24) is 5.32 Å². The molecule has 2 amide bonds. The van der Waals surface area contributed by atoms with E-state index in [0.29, 0.717) is 22.7 Å². The van der Waals surface area contributed by atoms with Crippen LogP contribution >= 0.6 is 15.9 Å². The van der Waals surface area contributed by atoms with Crippen LogP contribution in [-0.4, -0.2) is 31.6 Å². The van der Waals surface area contributed by atoms with E-state index in [-0.39, 0.29) is 24.5 Å². The number of hydrogen-bond donors (Lipinski definition) is 1. The minimum absolute atomic E-state index is 0.122. The number of fused-ring (bicyclic) bond motifs is 3. The second kappa shape index (κ2) is 9.06. The summed E-state index contributed by atoms with van der Waals surface area (Å²) in [6.45, 7) is -0.156. The molecule has 33 heavy (non-hydrogen) atoms. The Hall–Kier alpha value is -3.06. The van der Waals surface area contributed by atoms with Gasteiger partial charge in [-0.25, -0.2) is 0 Å². The van der Waals surface area contributed by atoms with E-state index in [2.05, 4.69) is 21.2 Å². The van der Waals surface area contributed by atoms with Gasteiger partial charge in [-0.1, -0.05) is 43.2 Å². The monoisotopic (exact) mass is 508 g/mol. The van der Waals surface area contributed by atoms with E-state index in [1.54, 1.807) is 18.1 Å². The van der Waals surface area contributed by atoms with Gasteiger partial charge in [0.25, 0.3) is 5.91 Å².